The quantitative estimate of drug-likeness (QED) is 0.356. The van der Waals surface area contributed by atoms with Crippen LogP contribution in [0.15, 0.2) is 64.0 Å². The number of aromatic nitrogens is 1. The van der Waals surface area contributed by atoms with E-state index in [2.05, 4.69) is 10.5 Å². The Labute approximate surface area is 206 Å². The number of carbonyl (C=O) groups excluding carboxylic acids is 2. The van der Waals surface area contributed by atoms with E-state index in [1.54, 1.807) is 24.3 Å². The summed E-state index contributed by atoms with van der Waals surface area (Å²) in [7, 11) is 0. The van der Waals surface area contributed by atoms with E-state index in [-0.39, 0.29) is 31.3 Å². The van der Waals surface area contributed by atoms with Crippen LogP contribution in [0, 0.1) is 6.92 Å². The zero-order chi connectivity index (χ0) is 23.4. The molecule has 2 amide bonds. The Kier molecular flexibility index (Phi) is 7.27. The molecule has 0 bridgehead atoms. The predicted octanol–water partition coefficient (Wildman–Crippen LogP) is 5.21. The molecule has 2 aromatic carbocycles. The number of halogens is 1. The number of hydrogen-bond donors (Lipinski definition) is 1. The number of thiocarbonyl (C=S) groups is 1. The SMILES string of the molecule is Cc1ccc(-c2cc(CNC(=O)CCN3C(=O)/C(=C/c4ccc(Cl)cc4)SC3=S)on2)cc1. The summed E-state index contributed by atoms with van der Waals surface area (Å²) in [5, 5.41) is 7.48. The number of nitrogens with one attached hydrogen (secondary N) is 1. The zero-order valence-corrected chi connectivity index (χ0v) is 20.1. The molecule has 0 spiro atoms. The molecule has 1 fully saturated rings. The van der Waals surface area contributed by atoms with Gasteiger partial charge in [-0.15, -0.1) is 0 Å². The molecule has 1 aliphatic rings. The summed E-state index contributed by atoms with van der Waals surface area (Å²) < 4.78 is 5.76. The molecule has 1 N–H and O–H groups in total. The Bertz CT molecular complexity index is 1220. The summed E-state index contributed by atoms with van der Waals surface area (Å²) in [6, 6.07) is 16.9. The van der Waals surface area contributed by atoms with Gasteiger partial charge in [0, 0.05) is 29.6 Å². The second-order valence-corrected chi connectivity index (χ2v) is 9.57. The van der Waals surface area contributed by atoms with Crippen LogP contribution >= 0.6 is 35.6 Å². The average Bonchev–Trinajstić information content (AvgIpc) is 3.38. The summed E-state index contributed by atoms with van der Waals surface area (Å²) in [5.74, 6) is 0.139. The lowest BCUT2D eigenvalue weighted by molar-refractivity contribution is -0.124. The van der Waals surface area contributed by atoms with E-state index in [0.29, 0.717) is 25.7 Å². The standard InChI is InChI=1S/C24H20ClN3O3S2/c1-15-2-6-17(7-3-15)20-13-19(31-27-20)14-26-22(29)10-11-28-23(30)21(33-24(28)32)12-16-4-8-18(25)9-5-16/h2-9,12-13H,10-11,14H2,1H3,(H,26,29)/b21-12-. The van der Waals surface area contributed by atoms with Gasteiger partial charge >= 0.3 is 0 Å². The second kappa shape index (κ2) is 10.3. The molecule has 168 valence electrons. The lowest BCUT2D eigenvalue weighted by atomic mass is 10.1. The predicted molar refractivity (Wildman–Crippen MR) is 134 cm³/mol. The highest BCUT2D eigenvalue weighted by Crippen LogP contribution is 2.32. The van der Waals surface area contributed by atoms with Crippen LogP contribution in [0.5, 0.6) is 0 Å². The maximum atomic E-state index is 12.7. The van der Waals surface area contributed by atoms with Gasteiger partial charge in [-0.2, -0.15) is 0 Å². The van der Waals surface area contributed by atoms with Crippen molar-refractivity contribution in [3.63, 3.8) is 0 Å². The van der Waals surface area contributed by atoms with Crippen molar-refractivity contribution < 1.29 is 14.1 Å². The minimum Gasteiger partial charge on any atom is -0.359 e. The minimum atomic E-state index is -0.209. The van der Waals surface area contributed by atoms with Crippen LogP contribution in [0.1, 0.15) is 23.3 Å². The molecule has 0 radical (unpaired) electrons. The molecule has 1 saturated heterocycles. The molecule has 0 unspecified atom stereocenters. The van der Waals surface area contributed by atoms with Gasteiger partial charge in [0.25, 0.3) is 5.91 Å². The third kappa shape index (κ3) is 5.90. The van der Waals surface area contributed by atoms with E-state index < -0.39 is 0 Å². The number of aryl methyl sites for hydroxylation is 1. The Morgan fingerprint density at radius 3 is 2.67 bits per heavy atom. The van der Waals surface area contributed by atoms with Gasteiger partial charge in [-0.25, -0.2) is 0 Å². The third-order valence-corrected chi connectivity index (χ3v) is 6.60. The van der Waals surface area contributed by atoms with E-state index in [9.17, 15) is 9.59 Å². The molecule has 0 atom stereocenters. The number of carbonyl (C=O) groups is 2. The van der Waals surface area contributed by atoms with Crippen LogP contribution in [-0.4, -0.2) is 32.7 Å². The lowest BCUT2D eigenvalue weighted by Gasteiger charge is -2.13. The van der Waals surface area contributed by atoms with Crippen molar-refractivity contribution in [3.05, 3.63) is 81.4 Å². The molecular formula is C24H20ClN3O3S2. The van der Waals surface area contributed by atoms with Crippen molar-refractivity contribution in [2.24, 2.45) is 0 Å². The molecule has 0 aliphatic carbocycles. The second-order valence-electron chi connectivity index (χ2n) is 7.46. The molecule has 9 heteroatoms. The molecule has 1 aromatic heterocycles. The Morgan fingerprint density at radius 2 is 1.94 bits per heavy atom. The first-order valence-electron chi connectivity index (χ1n) is 10.2. The van der Waals surface area contributed by atoms with Crippen LogP contribution in [-0.2, 0) is 16.1 Å². The van der Waals surface area contributed by atoms with Gasteiger partial charge in [0.05, 0.1) is 11.4 Å². The van der Waals surface area contributed by atoms with Gasteiger partial charge in [-0.3, -0.25) is 14.5 Å². The van der Waals surface area contributed by atoms with E-state index in [1.807, 2.05) is 43.3 Å². The number of amides is 2. The van der Waals surface area contributed by atoms with E-state index in [1.165, 1.54) is 16.7 Å². The van der Waals surface area contributed by atoms with Crippen LogP contribution in [0.25, 0.3) is 17.3 Å². The number of nitrogens with zero attached hydrogens (tertiary/aromatic N) is 2. The van der Waals surface area contributed by atoms with Crippen molar-refractivity contribution in [2.75, 3.05) is 6.54 Å². The number of benzene rings is 2. The zero-order valence-electron chi connectivity index (χ0n) is 17.7. The van der Waals surface area contributed by atoms with Gasteiger partial charge in [0.1, 0.15) is 10.0 Å². The Hall–Kier alpha value is -2.94. The fourth-order valence-corrected chi connectivity index (χ4v) is 4.58. The Morgan fingerprint density at radius 1 is 1.21 bits per heavy atom. The van der Waals surface area contributed by atoms with Crippen molar-refractivity contribution >= 4 is 57.8 Å². The highest BCUT2D eigenvalue weighted by molar-refractivity contribution is 8.26. The highest BCUT2D eigenvalue weighted by Gasteiger charge is 2.32. The van der Waals surface area contributed by atoms with Gasteiger partial charge in [0.2, 0.25) is 5.91 Å². The fourth-order valence-electron chi connectivity index (χ4n) is 3.15. The summed E-state index contributed by atoms with van der Waals surface area (Å²) in [6.45, 7) is 2.44. The van der Waals surface area contributed by atoms with Crippen molar-refractivity contribution in [1.29, 1.82) is 0 Å². The first-order chi connectivity index (χ1) is 15.9. The largest absolute Gasteiger partial charge is 0.359 e. The maximum absolute atomic E-state index is 12.7. The van der Waals surface area contributed by atoms with Gasteiger partial charge < -0.3 is 9.84 Å². The first-order valence-corrected chi connectivity index (χ1v) is 11.8. The summed E-state index contributed by atoms with van der Waals surface area (Å²) >= 11 is 12.5. The molecule has 3 aromatic rings. The smallest absolute Gasteiger partial charge is 0.266 e. The molecule has 4 rings (SSSR count). The fraction of sp³-hybridized carbons (Fsp3) is 0.167. The van der Waals surface area contributed by atoms with E-state index >= 15 is 0 Å². The lowest BCUT2D eigenvalue weighted by Crippen LogP contribution is -2.33. The molecule has 0 saturated carbocycles. The van der Waals surface area contributed by atoms with E-state index in [0.717, 1.165) is 16.7 Å². The number of hydrogen-bond acceptors (Lipinski definition) is 6. The molecule has 33 heavy (non-hydrogen) atoms. The van der Waals surface area contributed by atoms with Crippen molar-refractivity contribution in [2.45, 2.75) is 19.9 Å². The Balaban J connectivity index is 1.28. The molecule has 2 heterocycles. The van der Waals surface area contributed by atoms with Crippen molar-refractivity contribution in [3.8, 4) is 11.3 Å². The normalized spacial score (nSPS) is 14.8. The van der Waals surface area contributed by atoms with Gasteiger partial charge in [-0.05, 0) is 30.7 Å². The molecule has 6 nitrogen and oxygen atoms in total. The van der Waals surface area contributed by atoms with Gasteiger partial charge in [0.15, 0.2) is 5.76 Å². The van der Waals surface area contributed by atoms with Gasteiger partial charge in [-0.1, -0.05) is 82.7 Å². The first kappa shape index (κ1) is 23.2. The van der Waals surface area contributed by atoms with Crippen molar-refractivity contribution in [1.82, 2.24) is 15.4 Å². The van der Waals surface area contributed by atoms with Crippen LogP contribution in [0.3, 0.4) is 0 Å². The van der Waals surface area contributed by atoms with E-state index in [4.69, 9.17) is 28.3 Å². The van der Waals surface area contributed by atoms with Crippen LogP contribution in [0.4, 0.5) is 0 Å². The topological polar surface area (TPSA) is 75.4 Å². The summed E-state index contributed by atoms with van der Waals surface area (Å²) in [5.41, 5.74) is 3.68. The number of thioether (sulfide) groups is 1. The monoisotopic (exact) mass is 497 g/mol. The van der Waals surface area contributed by atoms with Crippen LogP contribution < -0.4 is 5.32 Å². The average molecular weight is 498 g/mol. The molecular weight excluding hydrogens is 478 g/mol. The maximum Gasteiger partial charge on any atom is 0.266 e. The summed E-state index contributed by atoms with van der Waals surface area (Å²) in [4.78, 5) is 27.0. The summed E-state index contributed by atoms with van der Waals surface area (Å²) in [6.07, 6.45) is 1.89. The third-order valence-electron chi connectivity index (χ3n) is 4.97. The minimum absolute atomic E-state index is 0.125. The highest BCUT2D eigenvalue weighted by atomic mass is 35.5. The number of rotatable bonds is 7. The molecule has 1 aliphatic heterocycles. The van der Waals surface area contributed by atoms with Crippen LogP contribution in [0.2, 0.25) is 5.02 Å².